The summed E-state index contributed by atoms with van der Waals surface area (Å²) in [6, 6.07) is 4.43. The van der Waals surface area contributed by atoms with Crippen molar-refractivity contribution >= 4 is 11.4 Å². The average molecular weight is 223 g/mol. The molecule has 0 radical (unpaired) electrons. The van der Waals surface area contributed by atoms with Crippen molar-refractivity contribution in [1.29, 1.82) is 0 Å². The molecule has 1 aliphatic heterocycles. The fourth-order valence-electron chi connectivity index (χ4n) is 2.13. The van der Waals surface area contributed by atoms with Crippen LogP contribution in [0.15, 0.2) is 18.2 Å². The minimum absolute atomic E-state index is 0.250. The third-order valence-corrected chi connectivity index (χ3v) is 3.09. The molecule has 16 heavy (non-hydrogen) atoms. The number of nitrogens with zero attached hydrogens (tertiary/aromatic N) is 1. The van der Waals surface area contributed by atoms with Gasteiger partial charge in [-0.15, -0.1) is 0 Å². The highest BCUT2D eigenvalue weighted by molar-refractivity contribution is 5.65. The lowest BCUT2D eigenvalue weighted by atomic mass is 10.1. The number of likely N-dealkylation sites (tertiary alicyclic amines) is 1. The maximum absolute atomic E-state index is 13.0. The fraction of sp³-hybridized carbons (Fsp3) is 0.500. The zero-order valence-electron chi connectivity index (χ0n) is 9.54. The van der Waals surface area contributed by atoms with Gasteiger partial charge in [-0.2, -0.15) is 0 Å². The second-order valence-corrected chi connectivity index (χ2v) is 4.53. The summed E-state index contributed by atoms with van der Waals surface area (Å²) in [5, 5.41) is 3.22. The maximum atomic E-state index is 13.0. The van der Waals surface area contributed by atoms with E-state index in [1.165, 1.54) is 18.6 Å². The predicted octanol–water partition coefficient (Wildman–Crippen LogP) is 1.77. The van der Waals surface area contributed by atoms with Crippen molar-refractivity contribution in [3.05, 3.63) is 24.0 Å². The van der Waals surface area contributed by atoms with Gasteiger partial charge in [-0.1, -0.05) is 0 Å². The molecule has 1 fully saturated rings. The Morgan fingerprint density at radius 1 is 1.56 bits per heavy atom. The summed E-state index contributed by atoms with van der Waals surface area (Å²) in [5.74, 6) is 0.382. The summed E-state index contributed by atoms with van der Waals surface area (Å²) >= 11 is 0. The number of nitrogens with one attached hydrogen (secondary N) is 1. The molecule has 0 saturated carbocycles. The summed E-state index contributed by atoms with van der Waals surface area (Å²) in [7, 11) is 2.12. The highest BCUT2D eigenvalue weighted by atomic mass is 19.1. The Kier molecular flexibility index (Phi) is 3.29. The third kappa shape index (κ3) is 2.64. The lowest BCUT2D eigenvalue weighted by molar-refractivity contribution is 0.399. The van der Waals surface area contributed by atoms with E-state index in [4.69, 9.17) is 5.73 Å². The van der Waals surface area contributed by atoms with Gasteiger partial charge in [0.25, 0.3) is 0 Å². The van der Waals surface area contributed by atoms with Crippen molar-refractivity contribution in [2.75, 3.05) is 37.7 Å². The highest BCUT2D eigenvalue weighted by Gasteiger charge is 2.19. The number of anilines is 2. The Balaban J connectivity index is 1.91. The number of nitrogen functional groups attached to an aromatic ring is 1. The number of halogens is 1. The van der Waals surface area contributed by atoms with E-state index in [0.29, 0.717) is 17.3 Å². The lowest BCUT2D eigenvalue weighted by Gasteiger charge is -2.14. The van der Waals surface area contributed by atoms with Crippen LogP contribution >= 0.6 is 0 Å². The summed E-state index contributed by atoms with van der Waals surface area (Å²) in [6.07, 6.45) is 1.19. The van der Waals surface area contributed by atoms with E-state index < -0.39 is 0 Å². The quantitative estimate of drug-likeness (QED) is 0.767. The van der Waals surface area contributed by atoms with E-state index in [1.807, 2.05) is 0 Å². The summed E-state index contributed by atoms with van der Waals surface area (Å²) in [6.45, 7) is 3.10. The molecule has 1 atom stereocenters. The second-order valence-electron chi connectivity index (χ2n) is 4.53. The number of rotatable bonds is 3. The van der Waals surface area contributed by atoms with Crippen LogP contribution in [0.2, 0.25) is 0 Å². The first-order valence-corrected chi connectivity index (χ1v) is 5.62. The molecule has 0 aromatic heterocycles. The smallest absolute Gasteiger partial charge is 0.125 e. The molecule has 1 aromatic carbocycles. The van der Waals surface area contributed by atoms with Gasteiger partial charge in [-0.25, -0.2) is 4.39 Å². The van der Waals surface area contributed by atoms with E-state index in [1.54, 1.807) is 6.07 Å². The normalized spacial score (nSPS) is 21.2. The first-order chi connectivity index (χ1) is 7.65. The molecule has 3 N–H and O–H groups in total. The molecule has 88 valence electrons. The van der Waals surface area contributed by atoms with Crippen LogP contribution in [0.25, 0.3) is 0 Å². The Morgan fingerprint density at radius 3 is 3.06 bits per heavy atom. The molecule has 0 bridgehead atoms. The molecular weight excluding hydrogens is 205 g/mol. The Labute approximate surface area is 95.4 Å². The second kappa shape index (κ2) is 4.70. The molecule has 4 heteroatoms. The predicted molar refractivity (Wildman–Crippen MR) is 64.9 cm³/mol. The van der Waals surface area contributed by atoms with E-state index in [2.05, 4.69) is 17.3 Å². The molecule has 1 saturated heterocycles. The van der Waals surface area contributed by atoms with Crippen molar-refractivity contribution in [1.82, 2.24) is 4.90 Å². The van der Waals surface area contributed by atoms with Crippen molar-refractivity contribution < 1.29 is 4.39 Å². The van der Waals surface area contributed by atoms with Gasteiger partial charge in [0.1, 0.15) is 5.82 Å². The number of benzene rings is 1. The molecule has 1 aromatic rings. The van der Waals surface area contributed by atoms with Crippen LogP contribution in [0.5, 0.6) is 0 Å². The van der Waals surface area contributed by atoms with Crippen LogP contribution in [0, 0.1) is 11.7 Å². The standard InChI is InChI=1S/C12H18FN3/c1-16-5-4-9(8-16)7-15-12-6-10(13)2-3-11(12)14/h2-3,6,9,15H,4-5,7-8,14H2,1H3. The van der Waals surface area contributed by atoms with E-state index in [0.717, 1.165) is 19.6 Å². The van der Waals surface area contributed by atoms with Crippen molar-refractivity contribution in [2.45, 2.75) is 6.42 Å². The van der Waals surface area contributed by atoms with Gasteiger partial charge in [0.2, 0.25) is 0 Å². The van der Waals surface area contributed by atoms with Gasteiger partial charge in [-0.3, -0.25) is 0 Å². The van der Waals surface area contributed by atoms with Gasteiger partial charge >= 0.3 is 0 Å². The van der Waals surface area contributed by atoms with Crippen LogP contribution in [-0.4, -0.2) is 31.6 Å². The SMILES string of the molecule is CN1CCC(CNc2cc(F)ccc2N)C1. The number of nitrogens with two attached hydrogens (primary N) is 1. The number of hydrogen-bond donors (Lipinski definition) is 2. The molecule has 0 aliphatic carbocycles. The molecule has 2 rings (SSSR count). The first kappa shape index (κ1) is 11.2. The van der Waals surface area contributed by atoms with Crippen LogP contribution in [0.1, 0.15) is 6.42 Å². The monoisotopic (exact) mass is 223 g/mol. The van der Waals surface area contributed by atoms with Crippen molar-refractivity contribution in [3.8, 4) is 0 Å². The van der Waals surface area contributed by atoms with Crippen LogP contribution < -0.4 is 11.1 Å². The fourth-order valence-corrected chi connectivity index (χ4v) is 2.13. The summed E-state index contributed by atoms with van der Waals surface area (Å²) < 4.78 is 13.0. The van der Waals surface area contributed by atoms with Gasteiger partial charge in [0.15, 0.2) is 0 Å². The van der Waals surface area contributed by atoms with Crippen LogP contribution in [0.4, 0.5) is 15.8 Å². The Hall–Kier alpha value is -1.29. The van der Waals surface area contributed by atoms with Gasteiger partial charge < -0.3 is 16.0 Å². The molecule has 0 spiro atoms. The largest absolute Gasteiger partial charge is 0.397 e. The summed E-state index contributed by atoms with van der Waals surface area (Å²) in [4.78, 5) is 2.31. The highest BCUT2D eigenvalue weighted by Crippen LogP contribution is 2.21. The van der Waals surface area contributed by atoms with E-state index in [-0.39, 0.29) is 5.82 Å². The third-order valence-electron chi connectivity index (χ3n) is 3.09. The molecule has 1 aliphatic rings. The zero-order valence-corrected chi connectivity index (χ0v) is 9.54. The molecule has 1 heterocycles. The number of hydrogen-bond acceptors (Lipinski definition) is 3. The zero-order chi connectivity index (χ0) is 11.5. The molecular formula is C12H18FN3. The van der Waals surface area contributed by atoms with Crippen LogP contribution in [-0.2, 0) is 0 Å². The lowest BCUT2D eigenvalue weighted by Crippen LogP contribution is -2.19. The minimum Gasteiger partial charge on any atom is -0.397 e. The van der Waals surface area contributed by atoms with Gasteiger partial charge in [0.05, 0.1) is 11.4 Å². The minimum atomic E-state index is -0.250. The van der Waals surface area contributed by atoms with Gasteiger partial charge in [-0.05, 0) is 44.1 Å². The van der Waals surface area contributed by atoms with Crippen molar-refractivity contribution in [3.63, 3.8) is 0 Å². The topological polar surface area (TPSA) is 41.3 Å². The van der Waals surface area contributed by atoms with Crippen molar-refractivity contribution in [2.24, 2.45) is 5.92 Å². The summed E-state index contributed by atoms with van der Waals surface area (Å²) in [5.41, 5.74) is 7.07. The maximum Gasteiger partial charge on any atom is 0.125 e. The van der Waals surface area contributed by atoms with Crippen LogP contribution in [0.3, 0.4) is 0 Å². The van der Waals surface area contributed by atoms with Gasteiger partial charge in [0, 0.05) is 13.1 Å². The Morgan fingerprint density at radius 2 is 2.38 bits per heavy atom. The Bertz CT molecular complexity index is 367. The average Bonchev–Trinajstić information content (AvgIpc) is 2.66. The molecule has 1 unspecified atom stereocenters. The first-order valence-electron chi connectivity index (χ1n) is 5.62. The molecule has 3 nitrogen and oxygen atoms in total. The van der Waals surface area contributed by atoms with E-state index in [9.17, 15) is 4.39 Å². The van der Waals surface area contributed by atoms with E-state index >= 15 is 0 Å². The molecule has 0 amide bonds.